The van der Waals surface area contributed by atoms with Gasteiger partial charge in [0.25, 0.3) is 5.91 Å². The lowest BCUT2D eigenvalue weighted by Crippen LogP contribution is -2.37. The van der Waals surface area contributed by atoms with Crippen molar-refractivity contribution in [3.05, 3.63) is 28.0 Å². The van der Waals surface area contributed by atoms with E-state index in [1.165, 1.54) is 12.3 Å². The van der Waals surface area contributed by atoms with Crippen LogP contribution in [0.4, 0.5) is 0 Å². The van der Waals surface area contributed by atoms with Gasteiger partial charge in [-0.1, -0.05) is 50.9 Å². The molecule has 0 N–H and O–H groups in total. The van der Waals surface area contributed by atoms with Gasteiger partial charge in [-0.25, -0.2) is 4.98 Å². The lowest BCUT2D eigenvalue weighted by Gasteiger charge is -2.26. The van der Waals surface area contributed by atoms with Crippen LogP contribution in [0.3, 0.4) is 0 Å². The highest BCUT2D eigenvalue weighted by Gasteiger charge is 2.20. The molecule has 19 heavy (non-hydrogen) atoms. The first-order chi connectivity index (χ1) is 8.81. The van der Waals surface area contributed by atoms with E-state index in [4.69, 9.17) is 23.2 Å². The predicted molar refractivity (Wildman–Crippen MR) is 79.8 cm³/mol. The van der Waals surface area contributed by atoms with Gasteiger partial charge in [0, 0.05) is 19.3 Å². The SMILES string of the molecule is CC(C)CN(CC(C)C)C(=O)c1cc(Cl)ncc1Cl. The summed E-state index contributed by atoms with van der Waals surface area (Å²) < 4.78 is 0. The number of hydrogen-bond donors (Lipinski definition) is 0. The number of rotatable bonds is 5. The maximum Gasteiger partial charge on any atom is 0.255 e. The number of nitrogens with zero attached hydrogens (tertiary/aromatic N) is 2. The van der Waals surface area contributed by atoms with Crippen molar-refractivity contribution in [2.24, 2.45) is 11.8 Å². The zero-order valence-corrected chi connectivity index (χ0v) is 13.3. The van der Waals surface area contributed by atoms with Crippen molar-refractivity contribution in [3.63, 3.8) is 0 Å². The molecule has 0 spiro atoms. The lowest BCUT2D eigenvalue weighted by atomic mass is 10.1. The third kappa shape index (κ3) is 5.00. The van der Waals surface area contributed by atoms with Crippen LogP contribution in [0.5, 0.6) is 0 Å². The summed E-state index contributed by atoms with van der Waals surface area (Å²) in [5.74, 6) is 0.717. The van der Waals surface area contributed by atoms with Crippen LogP contribution in [-0.2, 0) is 0 Å². The van der Waals surface area contributed by atoms with Gasteiger partial charge < -0.3 is 4.90 Å². The van der Waals surface area contributed by atoms with Crippen molar-refractivity contribution >= 4 is 29.1 Å². The summed E-state index contributed by atoms with van der Waals surface area (Å²) in [7, 11) is 0. The van der Waals surface area contributed by atoms with Crippen LogP contribution < -0.4 is 0 Å². The molecular weight excluding hydrogens is 283 g/mol. The van der Waals surface area contributed by atoms with E-state index >= 15 is 0 Å². The molecule has 0 saturated carbocycles. The predicted octanol–water partition coefficient (Wildman–Crippen LogP) is 4.14. The molecule has 1 aromatic heterocycles. The second-order valence-corrected chi connectivity index (χ2v) is 6.28. The molecule has 0 aliphatic rings. The number of amides is 1. The first kappa shape index (κ1) is 16.3. The maximum absolute atomic E-state index is 12.5. The van der Waals surface area contributed by atoms with Crippen molar-refractivity contribution in [1.82, 2.24) is 9.88 Å². The van der Waals surface area contributed by atoms with Crippen LogP contribution in [0.2, 0.25) is 10.2 Å². The first-order valence-electron chi connectivity index (χ1n) is 6.41. The normalized spacial score (nSPS) is 11.2. The summed E-state index contributed by atoms with van der Waals surface area (Å²) >= 11 is 11.9. The van der Waals surface area contributed by atoms with Crippen molar-refractivity contribution < 1.29 is 4.79 Å². The quantitative estimate of drug-likeness (QED) is 0.766. The minimum Gasteiger partial charge on any atom is -0.338 e. The lowest BCUT2D eigenvalue weighted by molar-refractivity contribution is 0.0715. The van der Waals surface area contributed by atoms with E-state index in [1.807, 2.05) is 4.90 Å². The van der Waals surface area contributed by atoms with Crippen molar-refractivity contribution in [3.8, 4) is 0 Å². The number of halogens is 2. The summed E-state index contributed by atoms with van der Waals surface area (Å²) in [4.78, 5) is 18.2. The van der Waals surface area contributed by atoms with E-state index in [0.29, 0.717) is 35.5 Å². The molecule has 0 bridgehead atoms. The van der Waals surface area contributed by atoms with Gasteiger partial charge in [-0.05, 0) is 17.9 Å². The second kappa shape index (κ2) is 7.11. The molecule has 1 rings (SSSR count). The van der Waals surface area contributed by atoms with Crippen LogP contribution in [0, 0.1) is 11.8 Å². The summed E-state index contributed by atoms with van der Waals surface area (Å²) in [5, 5.41) is 0.619. The molecule has 0 aliphatic carbocycles. The molecule has 0 aliphatic heterocycles. The monoisotopic (exact) mass is 302 g/mol. The molecule has 106 valence electrons. The molecule has 3 nitrogen and oxygen atoms in total. The minimum absolute atomic E-state index is 0.0864. The van der Waals surface area contributed by atoms with Gasteiger partial charge in [-0.2, -0.15) is 0 Å². The molecule has 0 radical (unpaired) electrons. The van der Waals surface area contributed by atoms with Crippen molar-refractivity contribution in [1.29, 1.82) is 0 Å². The number of carbonyl (C=O) groups excluding carboxylic acids is 1. The molecule has 0 saturated heterocycles. The van der Waals surface area contributed by atoms with Gasteiger partial charge in [-0.3, -0.25) is 4.79 Å². The molecule has 5 heteroatoms. The third-order valence-electron chi connectivity index (χ3n) is 2.51. The second-order valence-electron chi connectivity index (χ2n) is 5.48. The van der Waals surface area contributed by atoms with Crippen LogP contribution >= 0.6 is 23.2 Å². The van der Waals surface area contributed by atoms with Crippen molar-refractivity contribution in [2.75, 3.05) is 13.1 Å². The average Bonchev–Trinajstić information content (AvgIpc) is 2.29. The van der Waals surface area contributed by atoms with Crippen LogP contribution in [-0.4, -0.2) is 28.9 Å². The molecule has 0 atom stereocenters. The fourth-order valence-corrected chi connectivity index (χ4v) is 2.21. The fourth-order valence-electron chi connectivity index (χ4n) is 1.87. The Balaban J connectivity index is 3.00. The molecule has 0 aromatic carbocycles. The van der Waals surface area contributed by atoms with E-state index in [1.54, 1.807) is 0 Å². The van der Waals surface area contributed by atoms with Gasteiger partial charge in [0.05, 0.1) is 10.6 Å². The molecule has 0 fully saturated rings. The molecule has 1 amide bonds. The highest BCUT2D eigenvalue weighted by atomic mass is 35.5. The minimum atomic E-state index is -0.0864. The number of hydrogen-bond acceptors (Lipinski definition) is 2. The van der Waals surface area contributed by atoms with Crippen molar-refractivity contribution in [2.45, 2.75) is 27.7 Å². The van der Waals surface area contributed by atoms with Crippen LogP contribution in [0.1, 0.15) is 38.1 Å². The van der Waals surface area contributed by atoms with Crippen LogP contribution in [0.15, 0.2) is 12.3 Å². The summed E-state index contributed by atoms with van der Waals surface area (Å²) in [5.41, 5.74) is 0.419. The Hall–Kier alpha value is -0.800. The highest BCUT2D eigenvalue weighted by Crippen LogP contribution is 2.21. The first-order valence-corrected chi connectivity index (χ1v) is 7.17. The highest BCUT2D eigenvalue weighted by molar-refractivity contribution is 6.35. The van der Waals surface area contributed by atoms with Gasteiger partial charge >= 0.3 is 0 Å². The Morgan fingerprint density at radius 2 is 1.74 bits per heavy atom. The van der Waals surface area contributed by atoms with Gasteiger partial charge in [0.15, 0.2) is 0 Å². The van der Waals surface area contributed by atoms with Gasteiger partial charge in [0.2, 0.25) is 0 Å². The number of carbonyl (C=O) groups is 1. The van der Waals surface area contributed by atoms with E-state index in [0.717, 1.165) is 0 Å². The van der Waals surface area contributed by atoms with E-state index in [9.17, 15) is 4.79 Å². The summed E-state index contributed by atoms with van der Waals surface area (Å²) in [6.07, 6.45) is 1.42. The molecule has 0 unspecified atom stereocenters. The zero-order chi connectivity index (χ0) is 14.6. The third-order valence-corrected chi connectivity index (χ3v) is 3.02. The van der Waals surface area contributed by atoms with Crippen LogP contribution in [0.25, 0.3) is 0 Å². The Morgan fingerprint density at radius 1 is 1.21 bits per heavy atom. The Morgan fingerprint density at radius 3 is 2.21 bits per heavy atom. The Kier molecular flexibility index (Phi) is 6.08. The Labute approximate surface area is 124 Å². The smallest absolute Gasteiger partial charge is 0.255 e. The average molecular weight is 303 g/mol. The van der Waals surface area contributed by atoms with E-state index < -0.39 is 0 Å². The number of aromatic nitrogens is 1. The largest absolute Gasteiger partial charge is 0.338 e. The molecular formula is C14H20Cl2N2O. The summed E-state index contributed by atoms with van der Waals surface area (Å²) in [6, 6.07) is 1.53. The zero-order valence-electron chi connectivity index (χ0n) is 11.8. The molecule has 1 heterocycles. The summed E-state index contributed by atoms with van der Waals surface area (Å²) in [6.45, 7) is 9.74. The Bertz CT molecular complexity index is 437. The number of pyridine rings is 1. The molecule has 1 aromatic rings. The topological polar surface area (TPSA) is 33.2 Å². The maximum atomic E-state index is 12.5. The van der Waals surface area contributed by atoms with Gasteiger partial charge in [-0.15, -0.1) is 0 Å². The van der Waals surface area contributed by atoms with Gasteiger partial charge in [0.1, 0.15) is 5.15 Å². The fraction of sp³-hybridized carbons (Fsp3) is 0.571. The van der Waals surface area contributed by atoms with E-state index in [-0.39, 0.29) is 11.1 Å². The standard InChI is InChI=1S/C14H20Cl2N2O/c1-9(2)7-18(8-10(3)4)14(19)11-5-13(16)17-6-12(11)15/h5-6,9-10H,7-8H2,1-4H3. The van der Waals surface area contributed by atoms with E-state index in [2.05, 4.69) is 32.7 Å².